The Morgan fingerprint density at radius 2 is 1.57 bits per heavy atom. The molecule has 1 aromatic carbocycles. The first-order valence-corrected chi connectivity index (χ1v) is 11.5. The summed E-state index contributed by atoms with van der Waals surface area (Å²) in [5.41, 5.74) is 1.53. The summed E-state index contributed by atoms with van der Waals surface area (Å²) in [6, 6.07) is 5.60. The maximum Gasteiger partial charge on any atom is 0.292 e. The molecule has 0 unspecified atom stereocenters. The molecule has 0 aliphatic carbocycles. The van der Waals surface area contributed by atoms with Crippen molar-refractivity contribution >= 4 is 23.2 Å². The van der Waals surface area contributed by atoms with Crippen LogP contribution in [-0.2, 0) is 20.1 Å². The van der Waals surface area contributed by atoms with E-state index < -0.39 is 5.79 Å². The number of ether oxygens (including phenoxy) is 2. The number of para-hydroxylation sites is 1. The van der Waals surface area contributed by atoms with E-state index in [-0.39, 0.29) is 5.91 Å². The number of carbonyl (C=O) groups excluding carboxylic acids is 1. The van der Waals surface area contributed by atoms with Crippen LogP contribution in [0.3, 0.4) is 0 Å². The van der Waals surface area contributed by atoms with Crippen LogP contribution in [0.4, 0.5) is 5.69 Å². The van der Waals surface area contributed by atoms with E-state index in [0.717, 1.165) is 30.5 Å². The van der Waals surface area contributed by atoms with Crippen LogP contribution in [0.25, 0.3) is 0 Å². The Bertz CT molecular complexity index is 643. The molecule has 156 valence electrons. The Labute approximate surface area is 174 Å². The maximum atomic E-state index is 13.2. The highest BCUT2D eigenvalue weighted by Crippen LogP contribution is 2.48. The summed E-state index contributed by atoms with van der Waals surface area (Å²) >= 11 is 6.46. The lowest BCUT2D eigenvalue weighted by Gasteiger charge is -2.32. The third-order valence-electron chi connectivity index (χ3n) is 5.77. The van der Waals surface area contributed by atoms with Crippen LogP contribution in [0.15, 0.2) is 18.2 Å². The first-order valence-electron chi connectivity index (χ1n) is 11.1. The van der Waals surface area contributed by atoms with Gasteiger partial charge in [-0.15, -0.1) is 0 Å². The molecule has 2 heterocycles. The molecule has 2 aliphatic heterocycles. The van der Waals surface area contributed by atoms with Crippen molar-refractivity contribution in [3.05, 3.63) is 28.8 Å². The van der Waals surface area contributed by atoms with Gasteiger partial charge in [0, 0.05) is 12.1 Å². The minimum atomic E-state index is -1.28. The fourth-order valence-electron chi connectivity index (χ4n) is 4.23. The van der Waals surface area contributed by atoms with E-state index in [0.29, 0.717) is 24.8 Å². The van der Waals surface area contributed by atoms with E-state index in [2.05, 4.69) is 6.92 Å². The van der Waals surface area contributed by atoms with E-state index in [9.17, 15) is 4.79 Å². The quantitative estimate of drug-likeness (QED) is 0.410. The van der Waals surface area contributed by atoms with Crippen molar-refractivity contribution in [2.24, 2.45) is 0 Å². The average molecular weight is 408 g/mol. The zero-order chi connectivity index (χ0) is 19.8. The van der Waals surface area contributed by atoms with Gasteiger partial charge in [-0.2, -0.15) is 0 Å². The van der Waals surface area contributed by atoms with E-state index >= 15 is 0 Å². The summed E-state index contributed by atoms with van der Waals surface area (Å²) in [5, 5.41) is 0.590. The van der Waals surface area contributed by atoms with Crippen molar-refractivity contribution in [1.82, 2.24) is 0 Å². The predicted molar refractivity (Wildman–Crippen MR) is 114 cm³/mol. The van der Waals surface area contributed by atoms with Gasteiger partial charge < -0.3 is 14.4 Å². The lowest BCUT2D eigenvalue weighted by Crippen LogP contribution is -2.47. The number of unbranched alkanes of at least 4 members (excludes halogenated alkanes) is 9. The van der Waals surface area contributed by atoms with Crippen LogP contribution < -0.4 is 4.90 Å². The molecule has 0 saturated carbocycles. The molecule has 0 N–H and O–H groups in total. The number of benzene rings is 1. The molecular formula is C23H34ClNO3. The number of halogens is 1. The van der Waals surface area contributed by atoms with Crippen LogP contribution in [0.5, 0.6) is 0 Å². The van der Waals surface area contributed by atoms with Crippen molar-refractivity contribution < 1.29 is 14.3 Å². The third kappa shape index (κ3) is 4.72. The summed E-state index contributed by atoms with van der Waals surface area (Å²) in [6.07, 6.45) is 13.5. The molecule has 3 rings (SSSR count). The van der Waals surface area contributed by atoms with Crippen LogP contribution in [0, 0.1) is 0 Å². The highest BCUT2D eigenvalue weighted by molar-refractivity contribution is 6.35. The number of hydrogen-bond acceptors (Lipinski definition) is 3. The largest absolute Gasteiger partial charge is 0.338 e. The molecule has 0 radical (unpaired) electrons. The number of hydrogen-bond donors (Lipinski definition) is 0. The van der Waals surface area contributed by atoms with Crippen molar-refractivity contribution in [3.63, 3.8) is 0 Å². The molecule has 2 aliphatic rings. The zero-order valence-electron chi connectivity index (χ0n) is 17.2. The van der Waals surface area contributed by atoms with Crippen LogP contribution in [0.1, 0.15) is 83.1 Å². The summed E-state index contributed by atoms with van der Waals surface area (Å²) in [7, 11) is 0. The van der Waals surface area contributed by atoms with Gasteiger partial charge in [0.1, 0.15) is 0 Å². The monoisotopic (exact) mass is 407 g/mol. The maximum absolute atomic E-state index is 13.2. The lowest BCUT2D eigenvalue weighted by atomic mass is 10.1. The van der Waals surface area contributed by atoms with E-state index in [1.54, 1.807) is 4.90 Å². The van der Waals surface area contributed by atoms with Crippen molar-refractivity contribution in [1.29, 1.82) is 0 Å². The van der Waals surface area contributed by atoms with Gasteiger partial charge >= 0.3 is 0 Å². The summed E-state index contributed by atoms with van der Waals surface area (Å²) in [5.74, 6) is -1.40. The van der Waals surface area contributed by atoms with Crippen molar-refractivity contribution in [2.75, 3.05) is 24.7 Å². The van der Waals surface area contributed by atoms with Gasteiger partial charge in [-0.25, -0.2) is 0 Å². The number of fused-ring (bicyclic) bond motifs is 2. The third-order valence-corrected chi connectivity index (χ3v) is 6.08. The minimum absolute atomic E-state index is 0.119. The molecule has 1 amide bonds. The van der Waals surface area contributed by atoms with Crippen molar-refractivity contribution in [3.8, 4) is 0 Å². The van der Waals surface area contributed by atoms with Gasteiger partial charge in [0.05, 0.1) is 23.9 Å². The van der Waals surface area contributed by atoms with Crippen LogP contribution >= 0.6 is 11.6 Å². The standard InChI is InChI=1S/C23H34ClNO3/c1-2-3-4-5-6-7-8-9-10-11-16-25-21-19(14-12-15-20(21)24)23(22(25)26)27-17-13-18-28-23/h12,14-15H,2-11,13,16-18H2,1H3. The second-order valence-corrected chi connectivity index (χ2v) is 8.35. The SMILES string of the molecule is CCCCCCCCCCCCN1C(=O)C2(OCCCO2)c2cccc(Cl)c21. The Kier molecular flexibility index (Phi) is 8.19. The smallest absolute Gasteiger partial charge is 0.292 e. The molecule has 1 saturated heterocycles. The number of nitrogens with zero attached hydrogens (tertiary/aromatic N) is 1. The lowest BCUT2D eigenvalue weighted by molar-refractivity contribution is -0.256. The average Bonchev–Trinajstić information content (AvgIpc) is 2.94. The molecule has 1 fully saturated rings. The second-order valence-electron chi connectivity index (χ2n) is 7.94. The summed E-state index contributed by atoms with van der Waals surface area (Å²) in [4.78, 5) is 15.0. The van der Waals surface area contributed by atoms with Gasteiger partial charge in [-0.3, -0.25) is 4.79 Å². The first-order chi connectivity index (χ1) is 13.7. The Balaban J connectivity index is 1.49. The number of amides is 1. The normalized spacial score (nSPS) is 18.1. The van der Waals surface area contributed by atoms with Gasteiger partial charge in [0.15, 0.2) is 0 Å². The Morgan fingerprint density at radius 1 is 0.964 bits per heavy atom. The number of carbonyl (C=O) groups is 1. The fraction of sp³-hybridized carbons (Fsp3) is 0.696. The van der Waals surface area contributed by atoms with Crippen LogP contribution in [0.2, 0.25) is 5.02 Å². The zero-order valence-corrected chi connectivity index (χ0v) is 17.9. The Morgan fingerprint density at radius 3 is 2.21 bits per heavy atom. The van der Waals surface area contributed by atoms with Gasteiger partial charge in [0.25, 0.3) is 11.7 Å². The van der Waals surface area contributed by atoms with Gasteiger partial charge in [-0.05, 0) is 18.9 Å². The van der Waals surface area contributed by atoms with E-state index in [1.165, 1.54) is 51.4 Å². The predicted octanol–water partition coefficient (Wildman–Crippen LogP) is 6.20. The molecule has 5 heteroatoms. The Hall–Kier alpha value is -1.10. The van der Waals surface area contributed by atoms with E-state index in [4.69, 9.17) is 21.1 Å². The minimum Gasteiger partial charge on any atom is -0.338 e. The van der Waals surface area contributed by atoms with Crippen LogP contribution in [-0.4, -0.2) is 25.7 Å². The van der Waals surface area contributed by atoms with Gasteiger partial charge in [-0.1, -0.05) is 88.4 Å². The molecule has 1 aromatic rings. The fourth-order valence-corrected chi connectivity index (χ4v) is 4.51. The molecule has 28 heavy (non-hydrogen) atoms. The molecule has 0 bridgehead atoms. The number of anilines is 1. The highest BCUT2D eigenvalue weighted by atomic mass is 35.5. The number of rotatable bonds is 11. The molecular weight excluding hydrogens is 374 g/mol. The second kappa shape index (κ2) is 10.6. The highest BCUT2D eigenvalue weighted by Gasteiger charge is 2.55. The topological polar surface area (TPSA) is 38.8 Å². The molecule has 0 atom stereocenters. The first kappa shape index (κ1) is 21.6. The van der Waals surface area contributed by atoms with Gasteiger partial charge in [0.2, 0.25) is 0 Å². The van der Waals surface area contributed by atoms with Crippen molar-refractivity contribution in [2.45, 2.75) is 83.3 Å². The molecule has 0 aromatic heterocycles. The summed E-state index contributed by atoms with van der Waals surface area (Å²) < 4.78 is 11.8. The van der Waals surface area contributed by atoms with E-state index in [1.807, 2.05) is 18.2 Å². The summed E-state index contributed by atoms with van der Waals surface area (Å²) in [6.45, 7) is 3.99. The molecule has 1 spiro atoms. The molecule has 4 nitrogen and oxygen atoms in total.